The smallest absolute Gasteiger partial charge is 0.356 e. The Kier molecular flexibility index (Phi) is 8.41. The van der Waals surface area contributed by atoms with Crippen LogP contribution in [-0.2, 0) is 19.2 Å². The van der Waals surface area contributed by atoms with Crippen LogP contribution < -0.4 is 16.0 Å². The van der Waals surface area contributed by atoms with Gasteiger partial charge in [0.2, 0.25) is 17.7 Å². The predicted molar refractivity (Wildman–Crippen MR) is 137 cm³/mol. The summed E-state index contributed by atoms with van der Waals surface area (Å²) in [5, 5.41) is 17.1. The summed E-state index contributed by atoms with van der Waals surface area (Å²) in [5.74, 6) is -4.82. The molecule has 4 aliphatic rings. The van der Waals surface area contributed by atoms with E-state index in [0.717, 1.165) is 6.42 Å². The maximum atomic E-state index is 14.0. The normalized spacial score (nSPS) is 32.5. The number of fused-ring (bicyclic) bond motifs is 1. The van der Waals surface area contributed by atoms with E-state index in [1.54, 1.807) is 0 Å². The number of carbonyl (C=O) groups is 4. The molecule has 2 heterocycles. The Hall–Kier alpha value is -2.88. The number of hydrogen-bond donors (Lipinski definition) is 3. The number of rotatable bonds is 8. The number of amides is 4. The van der Waals surface area contributed by atoms with Gasteiger partial charge in [-0.15, -0.1) is 0 Å². The molecular formula is C27H39F3N6O4. The molecule has 0 aromatic heterocycles. The molecule has 0 aromatic rings. The molecule has 0 bridgehead atoms. The van der Waals surface area contributed by atoms with E-state index in [1.807, 2.05) is 44.2 Å². The molecule has 0 spiro atoms. The molecule has 10 nitrogen and oxygen atoms in total. The molecule has 3 N–H and O–H groups in total. The standard InChI is InChI=1S/C27H39F3N6O4/c1-26(2)18-13-36(21(19(18)26)23(38)33-16(12-31)10-15-8-9-32-22(15)37)24(39)20(34-25(40)27(28,29)30)14-6-5-7-17(11-14)35(3)4/h14-21H,5-11,13H2,1-4H3,(H,32,37)(H,33,38)(H,34,40)/t14?,15-,16-,17-,18-,19-,20-,21-/m0/s1. The summed E-state index contributed by atoms with van der Waals surface area (Å²) >= 11 is 0. The van der Waals surface area contributed by atoms with Crippen LogP contribution in [0.4, 0.5) is 13.2 Å². The highest BCUT2D eigenvalue weighted by molar-refractivity contribution is 5.94. The van der Waals surface area contributed by atoms with Crippen LogP contribution in [0.25, 0.3) is 0 Å². The van der Waals surface area contributed by atoms with Crippen molar-refractivity contribution in [3.63, 3.8) is 0 Å². The lowest BCUT2D eigenvalue weighted by molar-refractivity contribution is -0.176. The third-order valence-corrected chi connectivity index (χ3v) is 9.61. The molecule has 4 rings (SSSR count). The van der Waals surface area contributed by atoms with Crippen molar-refractivity contribution >= 4 is 23.6 Å². The summed E-state index contributed by atoms with van der Waals surface area (Å²) in [6.07, 6.45) is -2.04. The van der Waals surface area contributed by atoms with Crippen LogP contribution in [0.2, 0.25) is 0 Å². The summed E-state index contributed by atoms with van der Waals surface area (Å²) in [6, 6.07) is -1.30. The molecular weight excluding hydrogens is 529 g/mol. The highest BCUT2D eigenvalue weighted by Gasteiger charge is 2.69. The van der Waals surface area contributed by atoms with Crippen molar-refractivity contribution < 1.29 is 32.3 Å². The molecule has 2 aliphatic carbocycles. The van der Waals surface area contributed by atoms with Gasteiger partial charge >= 0.3 is 12.1 Å². The third-order valence-electron chi connectivity index (χ3n) is 9.61. The van der Waals surface area contributed by atoms with Crippen molar-refractivity contribution in [1.29, 1.82) is 5.26 Å². The Balaban J connectivity index is 1.56. The highest BCUT2D eigenvalue weighted by Crippen LogP contribution is 2.65. The van der Waals surface area contributed by atoms with Crippen LogP contribution >= 0.6 is 0 Å². The Morgan fingerprint density at radius 1 is 1.20 bits per heavy atom. The van der Waals surface area contributed by atoms with E-state index in [1.165, 1.54) is 4.90 Å². The van der Waals surface area contributed by atoms with Gasteiger partial charge in [-0.05, 0) is 69.4 Å². The van der Waals surface area contributed by atoms with Crippen molar-refractivity contribution in [3.8, 4) is 6.07 Å². The van der Waals surface area contributed by atoms with E-state index in [4.69, 9.17) is 0 Å². The molecule has 2 saturated heterocycles. The van der Waals surface area contributed by atoms with Crippen molar-refractivity contribution in [2.24, 2.45) is 29.1 Å². The van der Waals surface area contributed by atoms with Crippen LogP contribution in [0, 0.1) is 40.4 Å². The van der Waals surface area contributed by atoms with Crippen LogP contribution in [-0.4, -0.2) is 91.0 Å². The number of nitrogens with one attached hydrogen (secondary N) is 3. The lowest BCUT2D eigenvalue weighted by atomic mass is 9.80. The zero-order valence-corrected chi connectivity index (χ0v) is 23.4. The van der Waals surface area contributed by atoms with Gasteiger partial charge in [0.1, 0.15) is 18.1 Å². The summed E-state index contributed by atoms with van der Waals surface area (Å²) in [5.41, 5.74) is -0.266. The Bertz CT molecular complexity index is 1070. The second kappa shape index (κ2) is 11.2. The van der Waals surface area contributed by atoms with Gasteiger partial charge in [-0.3, -0.25) is 19.2 Å². The number of likely N-dealkylation sites (tertiary alicyclic amines) is 1. The van der Waals surface area contributed by atoms with E-state index in [-0.39, 0.29) is 42.2 Å². The van der Waals surface area contributed by atoms with Crippen molar-refractivity contribution in [3.05, 3.63) is 0 Å². The van der Waals surface area contributed by atoms with Crippen LogP contribution in [0.5, 0.6) is 0 Å². The van der Waals surface area contributed by atoms with Crippen LogP contribution in [0.15, 0.2) is 0 Å². The van der Waals surface area contributed by atoms with Gasteiger partial charge < -0.3 is 25.8 Å². The molecule has 8 atom stereocenters. The summed E-state index contributed by atoms with van der Waals surface area (Å²) in [4.78, 5) is 54.9. The van der Waals surface area contributed by atoms with E-state index < -0.39 is 53.9 Å². The lowest BCUT2D eigenvalue weighted by Crippen LogP contribution is -2.60. The second-order valence-corrected chi connectivity index (χ2v) is 12.6. The van der Waals surface area contributed by atoms with Gasteiger partial charge in [0.25, 0.3) is 0 Å². The predicted octanol–water partition coefficient (Wildman–Crippen LogP) is 1.17. The first-order chi connectivity index (χ1) is 18.7. The van der Waals surface area contributed by atoms with Crippen LogP contribution in [0.3, 0.4) is 0 Å². The van der Waals surface area contributed by atoms with Crippen molar-refractivity contribution in [1.82, 2.24) is 25.8 Å². The maximum absolute atomic E-state index is 14.0. The third kappa shape index (κ3) is 5.92. The molecule has 13 heteroatoms. The average Bonchev–Trinajstić information content (AvgIpc) is 3.23. The second-order valence-electron chi connectivity index (χ2n) is 12.6. The summed E-state index contributed by atoms with van der Waals surface area (Å²) in [6.45, 7) is 4.62. The SMILES string of the molecule is CN(C)[C@H]1CCCC([C@H](NC(=O)C(F)(F)F)C(=O)N2C[C@H]3[C@@H]([C@H]2C(=O)N[C@H](C#N)C[C@@H]2CCNC2=O)C3(C)C)C1. The average molecular weight is 569 g/mol. The minimum atomic E-state index is -5.16. The molecule has 4 amide bonds. The number of nitriles is 1. The van der Waals surface area contributed by atoms with Crippen molar-refractivity contribution in [2.75, 3.05) is 27.2 Å². The van der Waals surface area contributed by atoms with Crippen molar-refractivity contribution in [2.45, 2.75) is 82.7 Å². The van der Waals surface area contributed by atoms with Gasteiger partial charge in [-0.25, -0.2) is 0 Å². The highest BCUT2D eigenvalue weighted by atomic mass is 19.4. The number of halogens is 3. The number of alkyl halides is 3. The molecule has 2 aliphatic heterocycles. The minimum Gasteiger partial charge on any atom is -0.356 e. The Morgan fingerprint density at radius 3 is 2.48 bits per heavy atom. The number of piperidine rings is 1. The van der Waals surface area contributed by atoms with E-state index >= 15 is 0 Å². The summed E-state index contributed by atoms with van der Waals surface area (Å²) < 4.78 is 39.9. The van der Waals surface area contributed by atoms with E-state index in [2.05, 4.69) is 10.6 Å². The first kappa shape index (κ1) is 30.1. The number of nitrogens with zero attached hydrogens (tertiary/aromatic N) is 3. The molecule has 2 saturated carbocycles. The van der Waals surface area contributed by atoms with Gasteiger partial charge in [0.05, 0.1) is 6.07 Å². The summed E-state index contributed by atoms with van der Waals surface area (Å²) in [7, 11) is 3.74. The van der Waals surface area contributed by atoms with Gasteiger partial charge in [-0.2, -0.15) is 18.4 Å². The van der Waals surface area contributed by atoms with Gasteiger partial charge in [0, 0.05) is 25.0 Å². The fraction of sp³-hybridized carbons (Fsp3) is 0.815. The molecule has 4 fully saturated rings. The zero-order valence-electron chi connectivity index (χ0n) is 23.4. The fourth-order valence-corrected chi connectivity index (χ4v) is 7.12. The zero-order chi connectivity index (χ0) is 29.6. The Morgan fingerprint density at radius 2 is 1.90 bits per heavy atom. The number of hydrogen-bond acceptors (Lipinski definition) is 6. The quantitative estimate of drug-likeness (QED) is 0.403. The number of carbonyl (C=O) groups excluding carboxylic acids is 4. The van der Waals surface area contributed by atoms with E-state index in [9.17, 15) is 37.6 Å². The first-order valence-corrected chi connectivity index (χ1v) is 14.0. The van der Waals surface area contributed by atoms with Gasteiger partial charge in [0.15, 0.2) is 0 Å². The molecule has 40 heavy (non-hydrogen) atoms. The largest absolute Gasteiger partial charge is 0.471 e. The van der Waals surface area contributed by atoms with Crippen LogP contribution in [0.1, 0.15) is 52.4 Å². The molecule has 222 valence electrons. The fourth-order valence-electron chi connectivity index (χ4n) is 7.12. The van der Waals surface area contributed by atoms with E-state index in [0.29, 0.717) is 32.2 Å². The minimum absolute atomic E-state index is 0.0341. The lowest BCUT2D eigenvalue weighted by Gasteiger charge is -2.40. The monoisotopic (exact) mass is 568 g/mol. The first-order valence-electron chi connectivity index (χ1n) is 14.0. The Labute approximate surface area is 232 Å². The maximum Gasteiger partial charge on any atom is 0.471 e. The molecule has 0 aromatic carbocycles. The molecule has 1 unspecified atom stereocenters. The molecule has 0 radical (unpaired) electrons. The van der Waals surface area contributed by atoms with Gasteiger partial charge in [-0.1, -0.05) is 20.3 Å². The topological polar surface area (TPSA) is 135 Å².